The largest absolute Gasteiger partial charge is 0.489 e. The van der Waals surface area contributed by atoms with E-state index in [1.807, 2.05) is 96.1 Å². The Morgan fingerprint density at radius 2 is 1.71 bits per heavy atom. The van der Waals surface area contributed by atoms with E-state index in [-0.39, 0.29) is 23.9 Å². The Bertz CT molecular complexity index is 1030. The molecule has 1 aliphatic heterocycles. The molecule has 3 rings (SSSR count). The van der Waals surface area contributed by atoms with Crippen molar-refractivity contribution in [1.29, 1.82) is 0 Å². The molecule has 8 nitrogen and oxygen atoms in total. The van der Waals surface area contributed by atoms with Crippen LogP contribution in [-0.4, -0.2) is 52.7 Å². The minimum Gasteiger partial charge on any atom is -0.489 e. The van der Waals surface area contributed by atoms with Crippen molar-refractivity contribution in [3.8, 4) is 5.75 Å². The highest BCUT2D eigenvalue weighted by Crippen LogP contribution is 2.26. The Morgan fingerprint density at radius 1 is 1.05 bits per heavy atom. The number of ether oxygens (including phenoxy) is 3. The van der Waals surface area contributed by atoms with Crippen molar-refractivity contribution in [2.75, 3.05) is 6.61 Å². The maximum absolute atomic E-state index is 13.3. The van der Waals surface area contributed by atoms with Gasteiger partial charge in [-0.3, -0.25) is 9.69 Å². The SMILES string of the molecule is CC(C)[C@@H]1COC(O)N1C(=O)[C@H](C)C[C@H](Cc1ccc(OCc2ccccc2)cc1)NC(=O)OC(C)(C)C. The summed E-state index contributed by atoms with van der Waals surface area (Å²) in [6.45, 7) is 12.0. The van der Waals surface area contributed by atoms with Crippen molar-refractivity contribution < 1.29 is 28.9 Å². The first-order valence-corrected chi connectivity index (χ1v) is 13.3. The number of hydrogen-bond donors (Lipinski definition) is 2. The topological polar surface area (TPSA) is 97.3 Å². The van der Waals surface area contributed by atoms with Crippen LogP contribution in [0.2, 0.25) is 0 Å². The molecule has 1 unspecified atom stereocenters. The molecular formula is C30H42N2O6. The van der Waals surface area contributed by atoms with Crippen LogP contribution in [0.25, 0.3) is 0 Å². The molecule has 1 fully saturated rings. The molecule has 8 heteroatoms. The summed E-state index contributed by atoms with van der Waals surface area (Å²) in [4.78, 5) is 27.4. The molecule has 2 amide bonds. The normalized spacial score (nSPS) is 19.2. The zero-order chi connectivity index (χ0) is 27.9. The maximum atomic E-state index is 13.3. The zero-order valence-corrected chi connectivity index (χ0v) is 23.3. The van der Waals surface area contributed by atoms with E-state index in [0.29, 0.717) is 26.1 Å². The van der Waals surface area contributed by atoms with Gasteiger partial charge in [-0.05, 0) is 62.8 Å². The maximum Gasteiger partial charge on any atom is 0.407 e. The number of benzene rings is 2. The molecule has 1 saturated heterocycles. The zero-order valence-electron chi connectivity index (χ0n) is 23.3. The van der Waals surface area contributed by atoms with Gasteiger partial charge < -0.3 is 24.6 Å². The fourth-order valence-electron chi connectivity index (χ4n) is 4.49. The number of carbonyl (C=O) groups excluding carboxylic acids is 2. The number of nitrogens with one attached hydrogen (secondary N) is 1. The average Bonchev–Trinajstić information content (AvgIpc) is 3.24. The molecule has 4 atom stereocenters. The van der Waals surface area contributed by atoms with Crippen molar-refractivity contribution >= 4 is 12.0 Å². The highest BCUT2D eigenvalue weighted by molar-refractivity contribution is 5.79. The number of carbonyl (C=O) groups is 2. The Kier molecular flexibility index (Phi) is 10.2. The summed E-state index contributed by atoms with van der Waals surface area (Å²) in [5.41, 5.74) is 1.43. The number of alkyl carbamates (subject to hydrolysis) is 1. The van der Waals surface area contributed by atoms with Crippen LogP contribution in [-0.2, 0) is 27.3 Å². The summed E-state index contributed by atoms with van der Waals surface area (Å²) in [5, 5.41) is 13.2. The quantitative estimate of drug-likeness (QED) is 0.458. The Labute approximate surface area is 226 Å². The molecule has 1 heterocycles. The molecular weight excluding hydrogens is 484 g/mol. The van der Waals surface area contributed by atoms with Crippen LogP contribution in [0.15, 0.2) is 54.6 Å². The standard InChI is InChI=1S/C30H42N2O6/c1-20(2)26-19-37-29(35)32(26)27(33)21(3)16-24(31-28(34)38-30(4,5)6)17-22-12-14-25(15-13-22)36-18-23-10-8-7-9-11-23/h7-15,20-21,24,26,29,35H,16-19H2,1-6H3,(H,31,34)/t21-,24-,26+,29?/m1/s1. The summed E-state index contributed by atoms with van der Waals surface area (Å²) in [7, 11) is 0. The smallest absolute Gasteiger partial charge is 0.407 e. The fourth-order valence-corrected chi connectivity index (χ4v) is 4.49. The molecule has 0 saturated carbocycles. The summed E-state index contributed by atoms with van der Waals surface area (Å²) in [6, 6.07) is 17.1. The van der Waals surface area contributed by atoms with Gasteiger partial charge in [0.15, 0.2) is 0 Å². The number of rotatable bonds is 10. The van der Waals surface area contributed by atoms with E-state index < -0.39 is 24.0 Å². The van der Waals surface area contributed by atoms with Gasteiger partial charge in [-0.2, -0.15) is 0 Å². The van der Waals surface area contributed by atoms with Crippen molar-refractivity contribution in [2.24, 2.45) is 11.8 Å². The third-order valence-electron chi connectivity index (χ3n) is 6.47. The summed E-state index contributed by atoms with van der Waals surface area (Å²) >= 11 is 0. The van der Waals surface area contributed by atoms with Gasteiger partial charge in [0, 0.05) is 12.0 Å². The number of nitrogens with zero attached hydrogens (tertiary/aromatic N) is 1. The molecule has 2 aromatic rings. The van der Waals surface area contributed by atoms with Crippen LogP contribution in [0.5, 0.6) is 5.75 Å². The minimum absolute atomic E-state index is 0.140. The average molecular weight is 527 g/mol. The van der Waals surface area contributed by atoms with Crippen LogP contribution in [0, 0.1) is 11.8 Å². The van der Waals surface area contributed by atoms with E-state index in [9.17, 15) is 14.7 Å². The Balaban J connectivity index is 1.68. The van der Waals surface area contributed by atoms with Crippen LogP contribution in [0.1, 0.15) is 59.1 Å². The molecule has 0 spiro atoms. The van der Waals surface area contributed by atoms with Gasteiger partial charge in [0.1, 0.15) is 18.0 Å². The Morgan fingerprint density at radius 3 is 2.32 bits per heavy atom. The molecule has 208 valence electrons. The third kappa shape index (κ3) is 8.74. The Hall–Kier alpha value is -3.10. The van der Waals surface area contributed by atoms with Gasteiger partial charge in [-0.25, -0.2) is 4.79 Å². The van der Waals surface area contributed by atoms with Crippen LogP contribution in [0.4, 0.5) is 4.79 Å². The van der Waals surface area contributed by atoms with E-state index in [2.05, 4.69) is 5.32 Å². The van der Waals surface area contributed by atoms with Crippen molar-refractivity contribution in [3.63, 3.8) is 0 Å². The second-order valence-electron chi connectivity index (χ2n) is 11.3. The fraction of sp³-hybridized carbons (Fsp3) is 0.533. The van der Waals surface area contributed by atoms with Gasteiger partial charge in [0.25, 0.3) is 0 Å². The monoisotopic (exact) mass is 526 g/mol. The molecule has 1 aliphatic rings. The van der Waals surface area contributed by atoms with Crippen molar-refractivity contribution in [2.45, 2.75) is 85.1 Å². The second-order valence-corrected chi connectivity index (χ2v) is 11.3. The van der Waals surface area contributed by atoms with Gasteiger partial charge in [-0.15, -0.1) is 0 Å². The number of aliphatic hydroxyl groups is 1. The summed E-state index contributed by atoms with van der Waals surface area (Å²) < 4.78 is 16.7. The highest BCUT2D eigenvalue weighted by Gasteiger charge is 2.40. The molecule has 2 aromatic carbocycles. The first-order chi connectivity index (χ1) is 17.9. The van der Waals surface area contributed by atoms with Gasteiger partial charge in [0.05, 0.1) is 12.6 Å². The van der Waals surface area contributed by atoms with Gasteiger partial charge in [0.2, 0.25) is 12.3 Å². The first kappa shape index (κ1) is 29.5. The van der Waals surface area contributed by atoms with E-state index in [0.717, 1.165) is 16.9 Å². The predicted octanol–water partition coefficient (Wildman–Crippen LogP) is 4.89. The second kappa shape index (κ2) is 13.1. The molecule has 38 heavy (non-hydrogen) atoms. The van der Waals surface area contributed by atoms with Crippen molar-refractivity contribution in [3.05, 3.63) is 65.7 Å². The molecule has 0 aliphatic carbocycles. The van der Waals surface area contributed by atoms with Gasteiger partial charge in [-0.1, -0.05) is 63.2 Å². The molecule has 0 radical (unpaired) electrons. The van der Waals surface area contributed by atoms with Gasteiger partial charge >= 0.3 is 6.09 Å². The molecule has 2 N–H and O–H groups in total. The first-order valence-electron chi connectivity index (χ1n) is 13.3. The lowest BCUT2D eigenvalue weighted by Gasteiger charge is -2.31. The lowest BCUT2D eigenvalue weighted by Crippen LogP contribution is -2.48. The predicted molar refractivity (Wildman–Crippen MR) is 145 cm³/mol. The molecule has 0 bridgehead atoms. The van der Waals surface area contributed by atoms with E-state index in [1.165, 1.54) is 4.90 Å². The van der Waals surface area contributed by atoms with Crippen molar-refractivity contribution in [1.82, 2.24) is 10.2 Å². The summed E-state index contributed by atoms with van der Waals surface area (Å²) in [6.07, 6.45) is -0.909. The molecule has 0 aromatic heterocycles. The van der Waals surface area contributed by atoms with E-state index >= 15 is 0 Å². The summed E-state index contributed by atoms with van der Waals surface area (Å²) in [5.74, 6) is 0.234. The van der Waals surface area contributed by atoms with E-state index in [4.69, 9.17) is 14.2 Å². The number of amides is 2. The van der Waals surface area contributed by atoms with Crippen LogP contribution >= 0.6 is 0 Å². The van der Waals surface area contributed by atoms with Crippen LogP contribution < -0.4 is 10.1 Å². The number of hydrogen-bond acceptors (Lipinski definition) is 6. The number of aliphatic hydroxyl groups excluding tert-OH is 1. The minimum atomic E-state index is -1.25. The van der Waals surface area contributed by atoms with Crippen LogP contribution in [0.3, 0.4) is 0 Å². The lowest BCUT2D eigenvalue weighted by atomic mass is 9.94. The lowest BCUT2D eigenvalue weighted by molar-refractivity contribution is -0.169. The highest BCUT2D eigenvalue weighted by atomic mass is 16.6. The third-order valence-corrected chi connectivity index (χ3v) is 6.47. The van der Waals surface area contributed by atoms with E-state index in [1.54, 1.807) is 0 Å².